The summed E-state index contributed by atoms with van der Waals surface area (Å²) in [5.41, 5.74) is 6.37. The summed E-state index contributed by atoms with van der Waals surface area (Å²) < 4.78 is 19.4. The number of benzene rings is 1. The molecule has 0 aliphatic rings. The van der Waals surface area contributed by atoms with Crippen molar-refractivity contribution in [1.82, 2.24) is 0 Å². The number of carbonyl (C=O) groups is 1. The van der Waals surface area contributed by atoms with E-state index >= 15 is 0 Å². The molecule has 1 aromatic carbocycles. The Hall–Kier alpha value is -1.14. The first-order chi connectivity index (χ1) is 7.88. The van der Waals surface area contributed by atoms with Crippen molar-refractivity contribution in [2.75, 3.05) is 7.11 Å². The molecule has 0 heterocycles. The number of aliphatic carboxylic acids is 1. The van der Waals surface area contributed by atoms with E-state index in [1.165, 1.54) is 7.11 Å². The molecule has 0 aliphatic heterocycles. The van der Waals surface area contributed by atoms with E-state index < -0.39 is 17.8 Å². The Balaban J connectivity index is 3.17. The number of rotatable bonds is 4. The lowest BCUT2D eigenvalue weighted by Crippen LogP contribution is -2.32. The quantitative estimate of drug-likeness (QED) is 0.890. The highest BCUT2D eigenvalue weighted by Crippen LogP contribution is 2.33. The van der Waals surface area contributed by atoms with Gasteiger partial charge < -0.3 is 15.6 Å². The van der Waals surface area contributed by atoms with Crippen LogP contribution in [-0.4, -0.2) is 24.2 Å². The van der Waals surface area contributed by atoms with Gasteiger partial charge in [-0.05, 0) is 34.0 Å². The highest BCUT2D eigenvalue weighted by Gasteiger charge is 2.20. The van der Waals surface area contributed by atoms with Gasteiger partial charge in [-0.1, -0.05) is 6.07 Å². The first kappa shape index (κ1) is 13.9. The minimum Gasteiger partial charge on any atom is -0.492 e. The van der Waals surface area contributed by atoms with E-state index in [9.17, 15) is 9.18 Å². The lowest BCUT2D eigenvalue weighted by atomic mass is 10.0. The predicted octanol–water partition coefficient (Wildman–Crippen LogP) is 1.86. The fourth-order valence-electron chi connectivity index (χ4n) is 1.46. The van der Waals surface area contributed by atoms with E-state index in [0.29, 0.717) is 4.47 Å². The monoisotopic (exact) mass is 305 g/mol. The SMILES string of the molecule is COc1c(F)c(CC(N)C(=O)O)cc(C)c1Br. The van der Waals surface area contributed by atoms with Gasteiger partial charge >= 0.3 is 5.97 Å². The van der Waals surface area contributed by atoms with Crippen LogP contribution in [0.1, 0.15) is 11.1 Å². The van der Waals surface area contributed by atoms with Crippen LogP contribution in [0.2, 0.25) is 0 Å². The smallest absolute Gasteiger partial charge is 0.320 e. The molecule has 1 unspecified atom stereocenters. The average Bonchev–Trinajstić information content (AvgIpc) is 2.26. The number of nitrogens with two attached hydrogens (primary N) is 1. The molecular formula is C11H13BrFNO3. The Morgan fingerprint density at radius 3 is 2.76 bits per heavy atom. The number of halogens is 2. The molecular weight excluding hydrogens is 293 g/mol. The van der Waals surface area contributed by atoms with Gasteiger partial charge in [-0.15, -0.1) is 0 Å². The Morgan fingerprint density at radius 2 is 2.29 bits per heavy atom. The van der Waals surface area contributed by atoms with Crippen molar-refractivity contribution < 1.29 is 19.0 Å². The number of methoxy groups -OCH3 is 1. The molecule has 0 bridgehead atoms. The van der Waals surface area contributed by atoms with E-state index in [1.807, 2.05) is 0 Å². The van der Waals surface area contributed by atoms with Crippen LogP contribution in [-0.2, 0) is 11.2 Å². The number of aryl methyl sites for hydroxylation is 1. The Kier molecular flexibility index (Phi) is 4.47. The summed E-state index contributed by atoms with van der Waals surface area (Å²) in [5.74, 6) is -1.68. The zero-order valence-electron chi connectivity index (χ0n) is 9.46. The maximum absolute atomic E-state index is 13.9. The molecule has 1 rings (SSSR count). The van der Waals surface area contributed by atoms with Crippen LogP contribution in [0.25, 0.3) is 0 Å². The van der Waals surface area contributed by atoms with Crippen molar-refractivity contribution in [1.29, 1.82) is 0 Å². The normalized spacial score (nSPS) is 12.3. The standard InChI is InChI=1S/C11H13BrFNO3/c1-5-3-6(4-7(14)11(15)16)9(13)10(17-2)8(5)12/h3,7H,4,14H2,1-2H3,(H,15,16). The van der Waals surface area contributed by atoms with E-state index in [-0.39, 0.29) is 17.7 Å². The van der Waals surface area contributed by atoms with Gasteiger partial charge in [0.1, 0.15) is 6.04 Å². The van der Waals surface area contributed by atoms with Crippen LogP contribution in [0, 0.1) is 12.7 Å². The second-order valence-electron chi connectivity index (χ2n) is 3.66. The van der Waals surface area contributed by atoms with Crippen molar-refractivity contribution in [3.05, 3.63) is 27.5 Å². The molecule has 0 fully saturated rings. The molecule has 17 heavy (non-hydrogen) atoms. The molecule has 1 aromatic rings. The van der Waals surface area contributed by atoms with Crippen molar-refractivity contribution in [3.63, 3.8) is 0 Å². The first-order valence-electron chi connectivity index (χ1n) is 4.88. The average molecular weight is 306 g/mol. The summed E-state index contributed by atoms with van der Waals surface area (Å²) in [7, 11) is 1.35. The fourth-order valence-corrected chi connectivity index (χ4v) is 1.91. The maximum Gasteiger partial charge on any atom is 0.320 e. The minimum atomic E-state index is -1.16. The second kappa shape index (κ2) is 5.46. The lowest BCUT2D eigenvalue weighted by molar-refractivity contribution is -0.138. The summed E-state index contributed by atoms with van der Waals surface area (Å²) in [6.45, 7) is 1.77. The van der Waals surface area contributed by atoms with Gasteiger partial charge in [0.15, 0.2) is 11.6 Å². The summed E-state index contributed by atoms with van der Waals surface area (Å²) >= 11 is 3.21. The molecule has 6 heteroatoms. The number of ether oxygens (including phenoxy) is 1. The first-order valence-corrected chi connectivity index (χ1v) is 5.67. The zero-order chi connectivity index (χ0) is 13.2. The molecule has 0 spiro atoms. The number of carboxylic acid groups (broad SMARTS) is 1. The summed E-state index contributed by atoms with van der Waals surface area (Å²) in [6.07, 6.45) is -0.0777. The largest absolute Gasteiger partial charge is 0.492 e. The number of hydrogen-bond donors (Lipinski definition) is 2. The van der Waals surface area contributed by atoms with Gasteiger partial charge in [0, 0.05) is 6.42 Å². The highest BCUT2D eigenvalue weighted by atomic mass is 79.9. The van der Waals surface area contributed by atoms with Crippen LogP contribution in [0.3, 0.4) is 0 Å². The van der Waals surface area contributed by atoms with Crippen molar-refractivity contribution >= 4 is 21.9 Å². The van der Waals surface area contributed by atoms with Gasteiger partial charge in [0.05, 0.1) is 11.6 Å². The van der Waals surface area contributed by atoms with Crippen LogP contribution in [0.15, 0.2) is 10.5 Å². The summed E-state index contributed by atoms with van der Waals surface area (Å²) in [6, 6.07) is 0.430. The van der Waals surface area contributed by atoms with Gasteiger partial charge in [0.25, 0.3) is 0 Å². The van der Waals surface area contributed by atoms with Gasteiger partial charge in [0.2, 0.25) is 0 Å². The lowest BCUT2D eigenvalue weighted by Gasteiger charge is -2.13. The Labute approximate surface area is 107 Å². The molecule has 0 amide bonds. The number of hydrogen-bond acceptors (Lipinski definition) is 3. The van der Waals surface area contributed by atoms with Gasteiger partial charge in [-0.3, -0.25) is 4.79 Å². The maximum atomic E-state index is 13.9. The third-order valence-corrected chi connectivity index (χ3v) is 3.36. The highest BCUT2D eigenvalue weighted by molar-refractivity contribution is 9.10. The number of carboxylic acids is 1. The molecule has 0 aliphatic carbocycles. The molecule has 0 aromatic heterocycles. The topological polar surface area (TPSA) is 72.5 Å². The zero-order valence-corrected chi connectivity index (χ0v) is 11.0. The van der Waals surface area contributed by atoms with E-state index in [2.05, 4.69) is 15.9 Å². The van der Waals surface area contributed by atoms with Gasteiger partial charge in [-0.25, -0.2) is 4.39 Å². The van der Waals surface area contributed by atoms with E-state index in [4.69, 9.17) is 15.6 Å². The third-order valence-electron chi connectivity index (χ3n) is 2.38. The summed E-state index contributed by atoms with van der Waals surface area (Å²) in [5, 5.41) is 8.70. The molecule has 0 saturated carbocycles. The van der Waals surface area contributed by atoms with E-state index in [1.54, 1.807) is 13.0 Å². The second-order valence-corrected chi connectivity index (χ2v) is 4.46. The molecule has 1 atom stereocenters. The van der Waals surface area contributed by atoms with Crippen LogP contribution < -0.4 is 10.5 Å². The predicted molar refractivity (Wildman–Crippen MR) is 64.7 cm³/mol. The molecule has 0 radical (unpaired) electrons. The Morgan fingerprint density at radius 1 is 1.71 bits per heavy atom. The third kappa shape index (κ3) is 2.95. The molecule has 0 saturated heterocycles. The van der Waals surface area contributed by atoms with Crippen molar-refractivity contribution in [2.24, 2.45) is 5.73 Å². The Bertz CT molecular complexity index is 451. The summed E-state index contributed by atoms with van der Waals surface area (Å²) in [4.78, 5) is 10.6. The van der Waals surface area contributed by atoms with Crippen LogP contribution in [0.5, 0.6) is 5.75 Å². The van der Waals surface area contributed by atoms with Crippen molar-refractivity contribution in [3.8, 4) is 5.75 Å². The van der Waals surface area contributed by atoms with E-state index in [0.717, 1.165) is 5.56 Å². The molecule has 94 valence electrons. The molecule has 3 N–H and O–H groups in total. The van der Waals surface area contributed by atoms with Crippen molar-refractivity contribution in [2.45, 2.75) is 19.4 Å². The van der Waals surface area contributed by atoms with Crippen LogP contribution in [0.4, 0.5) is 4.39 Å². The van der Waals surface area contributed by atoms with Gasteiger partial charge in [-0.2, -0.15) is 0 Å². The molecule has 4 nitrogen and oxygen atoms in total. The van der Waals surface area contributed by atoms with Crippen LogP contribution >= 0.6 is 15.9 Å². The minimum absolute atomic E-state index is 0.0672. The fraction of sp³-hybridized carbons (Fsp3) is 0.364.